The van der Waals surface area contributed by atoms with Crippen molar-refractivity contribution in [3.05, 3.63) is 72.6 Å². The van der Waals surface area contributed by atoms with Crippen LogP contribution in [0.15, 0.2) is 61.1 Å². The molecule has 132 valence electrons. The minimum Gasteiger partial charge on any atom is -0.496 e. The van der Waals surface area contributed by atoms with Crippen molar-refractivity contribution >= 4 is 23.2 Å². The van der Waals surface area contributed by atoms with Crippen LogP contribution in [0.5, 0.6) is 5.75 Å². The van der Waals surface area contributed by atoms with Gasteiger partial charge in [0.15, 0.2) is 0 Å². The number of nitrogens with zero attached hydrogens (tertiary/aromatic N) is 4. The highest BCUT2D eigenvalue weighted by Crippen LogP contribution is 2.34. The lowest BCUT2D eigenvalue weighted by atomic mass is 9.98. The lowest BCUT2D eigenvalue weighted by Gasteiger charge is -2.11. The number of imidazole rings is 1. The van der Waals surface area contributed by atoms with Crippen LogP contribution in [0, 0.1) is 6.92 Å². The van der Waals surface area contributed by atoms with E-state index in [-0.39, 0.29) is 12.4 Å². The predicted octanol–water partition coefficient (Wildman–Crippen LogP) is 4.28. The Kier molecular flexibility index (Phi) is 5.19. The minimum absolute atomic E-state index is 0. The quantitative estimate of drug-likeness (QED) is 0.541. The maximum Gasteiger partial charge on any atom is 0.126 e. The van der Waals surface area contributed by atoms with Crippen LogP contribution >= 0.6 is 12.4 Å². The van der Waals surface area contributed by atoms with E-state index in [0.717, 1.165) is 39.2 Å². The van der Waals surface area contributed by atoms with E-state index >= 15 is 0 Å². The summed E-state index contributed by atoms with van der Waals surface area (Å²) in [4.78, 5) is 4.25. The van der Waals surface area contributed by atoms with Gasteiger partial charge in [0.2, 0.25) is 0 Å². The first-order valence-electron chi connectivity index (χ1n) is 8.11. The average Bonchev–Trinajstić information content (AvgIpc) is 3.05. The lowest BCUT2D eigenvalue weighted by molar-refractivity contribution is 0.420. The summed E-state index contributed by atoms with van der Waals surface area (Å²) in [5.41, 5.74) is 3.06. The van der Waals surface area contributed by atoms with Gasteiger partial charge in [0.05, 0.1) is 25.5 Å². The van der Waals surface area contributed by atoms with Gasteiger partial charge in [-0.05, 0) is 36.1 Å². The average molecular weight is 367 g/mol. The molecule has 0 saturated carbocycles. The van der Waals surface area contributed by atoms with E-state index < -0.39 is 0 Å². The van der Waals surface area contributed by atoms with E-state index in [1.807, 2.05) is 31.3 Å². The number of rotatable bonds is 4. The molecule has 0 bridgehead atoms. The molecule has 2 aromatic heterocycles. The molecular formula is C20H19ClN4O. The first-order chi connectivity index (χ1) is 12.3. The smallest absolute Gasteiger partial charge is 0.126 e. The number of aryl methyl sites for hydroxylation is 1. The van der Waals surface area contributed by atoms with E-state index in [1.54, 1.807) is 19.5 Å². The monoisotopic (exact) mass is 366 g/mol. The topological polar surface area (TPSA) is 52.8 Å². The number of halogens is 1. The Hall–Kier alpha value is -2.92. The molecule has 0 amide bonds. The zero-order valence-electron chi connectivity index (χ0n) is 14.6. The summed E-state index contributed by atoms with van der Waals surface area (Å²) in [5.74, 6) is 1.83. The van der Waals surface area contributed by atoms with Gasteiger partial charge in [-0.15, -0.1) is 12.4 Å². The standard InChI is InChI=1S/C20H18N4O.ClH/c1-14-21-9-10-24(14)13-16-11-15(12-22-23-16)17-7-8-20(25-2)19-6-4-3-5-18(17)19;/h3-12H,13H2,1-2H3;1H. The van der Waals surface area contributed by atoms with Gasteiger partial charge in [0.25, 0.3) is 0 Å². The van der Waals surface area contributed by atoms with E-state index in [2.05, 4.69) is 44.0 Å². The molecule has 0 unspecified atom stereocenters. The van der Waals surface area contributed by atoms with Gasteiger partial charge in [-0.25, -0.2) is 4.98 Å². The highest BCUT2D eigenvalue weighted by atomic mass is 35.5. The fourth-order valence-electron chi connectivity index (χ4n) is 3.08. The molecule has 4 rings (SSSR count). The highest BCUT2D eigenvalue weighted by Gasteiger charge is 2.10. The fraction of sp³-hybridized carbons (Fsp3) is 0.150. The molecule has 6 heteroatoms. The first kappa shape index (κ1) is 17.9. The third kappa shape index (κ3) is 3.26. The molecule has 0 aliphatic heterocycles. The second kappa shape index (κ2) is 7.54. The third-order valence-corrected chi connectivity index (χ3v) is 4.38. The maximum absolute atomic E-state index is 5.49. The van der Waals surface area contributed by atoms with Crippen molar-refractivity contribution in [3.8, 4) is 16.9 Å². The number of aromatic nitrogens is 4. The number of ether oxygens (including phenoxy) is 1. The van der Waals surface area contributed by atoms with Crippen molar-refractivity contribution < 1.29 is 4.74 Å². The van der Waals surface area contributed by atoms with Crippen LogP contribution in [0.3, 0.4) is 0 Å². The van der Waals surface area contributed by atoms with E-state index in [0.29, 0.717) is 6.54 Å². The van der Waals surface area contributed by atoms with Gasteiger partial charge >= 0.3 is 0 Å². The summed E-state index contributed by atoms with van der Waals surface area (Å²) in [7, 11) is 1.70. The van der Waals surface area contributed by atoms with Crippen LogP contribution in [0.1, 0.15) is 11.5 Å². The van der Waals surface area contributed by atoms with Crippen molar-refractivity contribution in [2.75, 3.05) is 7.11 Å². The van der Waals surface area contributed by atoms with Crippen molar-refractivity contribution in [2.45, 2.75) is 13.5 Å². The van der Waals surface area contributed by atoms with Crippen LogP contribution < -0.4 is 4.74 Å². The molecule has 26 heavy (non-hydrogen) atoms. The van der Waals surface area contributed by atoms with E-state index in [9.17, 15) is 0 Å². The SMILES string of the molecule is COc1ccc(-c2cnnc(Cn3ccnc3C)c2)c2ccccc12.Cl. The normalized spacial score (nSPS) is 10.5. The van der Waals surface area contributed by atoms with E-state index in [1.165, 1.54) is 0 Å². The number of hydrogen-bond acceptors (Lipinski definition) is 4. The second-order valence-electron chi connectivity index (χ2n) is 5.90. The molecule has 0 aliphatic carbocycles. The molecule has 0 saturated heterocycles. The zero-order chi connectivity index (χ0) is 17.2. The summed E-state index contributed by atoms with van der Waals surface area (Å²) < 4.78 is 7.54. The van der Waals surface area contributed by atoms with E-state index in [4.69, 9.17) is 4.74 Å². The molecule has 4 aromatic rings. The summed E-state index contributed by atoms with van der Waals surface area (Å²) >= 11 is 0. The molecule has 0 spiro atoms. The molecule has 0 aliphatic rings. The Bertz CT molecular complexity index is 1040. The lowest BCUT2D eigenvalue weighted by Crippen LogP contribution is -2.04. The van der Waals surface area contributed by atoms with Crippen molar-refractivity contribution in [1.29, 1.82) is 0 Å². The van der Waals surface area contributed by atoms with Crippen LogP contribution in [0.4, 0.5) is 0 Å². The summed E-state index contributed by atoms with van der Waals surface area (Å²) in [6, 6.07) is 14.4. The molecule has 0 atom stereocenters. The highest BCUT2D eigenvalue weighted by molar-refractivity contribution is 6.00. The third-order valence-electron chi connectivity index (χ3n) is 4.38. The van der Waals surface area contributed by atoms with Gasteiger partial charge in [-0.1, -0.05) is 24.3 Å². The minimum atomic E-state index is 0. The Balaban J connectivity index is 0.00000196. The number of fused-ring (bicyclic) bond motifs is 1. The Morgan fingerprint density at radius 3 is 2.62 bits per heavy atom. The van der Waals surface area contributed by atoms with Crippen LogP contribution in [-0.2, 0) is 6.54 Å². The number of methoxy groups -OCH3 is 1. The fourth-order valence-corrected chi connectivity index (χ4v) is 3.08. The Morgan fingerprint density at radius 1 is 1.08 bits per heavy atom. The molecule has 0 fully saturated rings. The van der Waals surface area contributed by atoms with Gasteiger partial charge < -0.3 is 9.30 Å². The zero-order valence-corrected chi connectivity index (χ0v) is 15.4. The largest absolute Gasteiger partial charge is 0.496 e. The van der Waals surface area contributed by atoms with Crippen molar-refractivity contribution in [1.82, 2.24) is 19.7 Å². The van der Waals surface area contributed by atoms with Gasteiger partial charge in [0.1, 0.15) is 11.6 Å². The van der Waals surface area contributed by atoms with Crippen LogP contribution in [0.25, 0.3) is 21.9 Å². The molecular weight excluding hydrogens is 348 g/mol. The summed E-state index contributed by atoms with van der Waals surface area (Å²) in [6.45, 7) is 2.63. The van der Waals surface area contributed by atoms with Gasteiger partial charge in [0, 0.05) is 23.3 Å². The van der Waals surface area contributed by atoms with Gasteiger partial charge in [-0.2, -0.15) is 10.2 Å². The molecule has 5 nitrogen and oxygen atoms in total. The second-order valence-corrected chi connectivity index (χ2v) is 5.90. The molecule has 2 aromatic carbocycles. The maximum atomic E-state index is 5.49. The Morgan fingerprint density at radius 2 is 1.88 bits per heavy atom. The summed E-state index contributed by atoms with van der Waals surface area (Å²) in [5, 5.41) is 10.7. The summed E-state index contributed by atoms with van der Waals surface area (Å²) in [6.07, 6.45) is 5.55. The Labute approximate surface area is 158 Å². The van der Waals surface area contributed by atoms with Crippen LogP contribution in [-0.4, -0.2) is 26.9 Å². The number of benzene rings is 2. The molecule has 0 radical (unpaired) electrons. The first-order valence-corrected chi connectivity index (χ1v) is 8.11. The molecule has 2 heterocycles. The van der Waals surface area contributed by atoms with Crippen molar-refractivity contribution in [3.63, 3.8) is 0 Å². The molecule has 0 N–H and O–H groups in total. The van der Waals surface area contributed by atoms with Gasteiger partial charge in [-0.3, -0.25) is 0 Å². The van der Waals surface area contributed by atoms with Crippen molar-refractivity contribution in [2.24, 2.45) is 0 Å². The van der Waals surface area contributed by atoms with Crippen LogP contribution in [0.2, 0.25) is 0 Å². The predicted molar refractivity (Wildman–Crippen MR) is 105 cm³/mol. The number of hydrogen-bond donors (Lipinski definition) is 0.